The number of Topliss-reactive ketones (excluding diaryl/α,β-unsaturated/α-hetero) is 2. The van der Waals surface area contributed by atoms with E-state index < -0.39 is 12.0 Å². The highest BCUT2D eigenvalue weighted by atomic mass is 16.1. The number of anilines is 1. The molecule has 0 aromatic heterocycles. The van der Waals surface area contributed by atoms with Crippen LogP contribution in [0.2, 0.25) is 0 Å². The van der Waals surface area contributed by atoms with E-state index in [9.17, 15) is 9.59 Å². The molecule has 3 rings (SSSR count). The van der Waals surface area contributed by atoms with E-state index in [0.29, 0.717) is 5.56 Å². The molecule has 0 spiro atoms. The lowest BCUT2D eigenvalue weighted by atomic mass is 9.84. The van der Waals surface area contributed by atoms with E-state index >= 15 is 0 Å². The van der Waals surface area contributed by atoms with Crippen molar-refractivity contribution in [1.82, 2.24) is 0 Å². The van der Waals surface area contributed by atoms with Gasteiger partial charge in [0.15, 0.2) is 5.78 Å². The first-order valence-corrected chi connectivity index (χ1v) is 8.63. The minimum absolute atomic E-state index is 0.156. The predicted molar refractivity (Wildman–Crippen MR) is 104 cm³/mol. The molecule has 26 heavy (non-hydrogen) atoms. The van der Waals surface area contributed by atoms with Crippen LogP contribution in [0.1, 0.15) is 28.9 Å². The summed E-state index contributed by atoms with van der Waals surface area (Å²) in [4.78, 5) is 25.6. The summed E-state index contributed by atoms with van der Waals surface area (Å²) in [6.07, 6.45) is 0. The topological polar surface area (TPSA) is 46.2 Å². The van der Waals surface area contributed by atoms with Gasteiger partial charge in [-0.1, -0.05) is 78.9 Å². The zero-order valence-corrected chi connectivity index (χ0v) is 14.6. The minimum Gasteiger partial charge on any atom is -0.377 e. The van der Waals surface area contributed by atoms with Gasteiger partial charge in [-0.05, 0) is 24.6 Å². The first-order chi connectivity index (χ1) is 12.7. The maximum absolute atomic E-state index is 13.1. The van der Waals surface area contributed by atoms with Gasteiger partial charge in [-0.3, -0.25) is 9.59 Å². The molecule has 0 aliphatic heterocycles. The summed E-state index contributed by atoms with van der Waals surface area (Å²) in [5.74, 6) is -1.13. The van der Waals surface area contributed by atoms with Crippen LogP contribution in [0.5, 0.6) is 0 Å². The number of carbonyl (C=O) groups is 2. The van der Waals surface area contributed by atoms with Crippen molar-refractivity contribution in [3.8, 4) is 0 Å². The third-order valence-corrected chi connectivity index (χ3v) is 4.37. The van der Waals surface area contributed by atoms with E-state index in [2.05, 4.69) is 5.32 Å². The molecular formula is C23H21NO2. The Bertz CT molecular complexity index is 860. The Hall–Kier alpha value is -3.20. The van der Waals surface area contributed by atoms with Gasteiger partial charge in [0.1, 0.15) is 11.7 Å². The zero-order chi connectivity index (χ0) is 18.4. The Labute approximate surface area is 153 Å². The normalized spacial score (nSPS) is 12.8. The van der Waals surface area contributed by atoms with Gasteiger partial charge >= 0.3 is 0 Å². The summed E-state index contributed by atoms with van der Waals surface area (Å²) in [6.45, 7) is 1.48. The molecule has 3 aromatic rings. The number of rotatable bonds is 7. The molecule has 2 atom stereocenters. The fourth-order valence-corrected chi connectivity index (χ4v) is 3.09. The predicted octanol–water partition coefficient (Wildman–Crippen LogP) is 4.93. The highest BCUT2D eigenvalue weighted by Crippen LogP contribution is 2.30. The largest absolute Gasteiger partial charge is 0.377 e. The Morgan fingerprint density at radius 3 is 1.77 bits per heavy atom. The molecule has 0 radical (unpaired) electrons. The van der Waals surface area contributed by atoms with E-state index in [1.807, 2.05) is 78.9 Å². The second-order valence-corrected chi connectivity index (χ2v) is 6.22. The molecule has 0 saturated heterocycles. The highest BCUT2D eigenvalue weighted by Gasteiger charge is 2.34. The quantitative estimate of drug-likeness (QED) is 0.489. The van der Waals surface area contributed by atoms with Crippen LogP contribution in [-0.4, -0.2) is 11.6 Å². The molecule has 0 aliphatic carbocycles. The molecule has 3 aromatic carbocycles. The van der Waals surface area contributed by atoms with Crippen molar-refractivity contribution in [3.63, 3.8) is 0 Å². The van der Waals surface area contributed by atoms with Crippen molar-refractivity contribution < 1.29 is 9.59 Å². The number of para-hydroxylation sites is 1. The van der Waals surface area contributed by atoms with Crippen molar-refractivity contribution in [3.05, 3.63) is 102 Å². The van der Waals surface area contributed by atoms with Crippen LogP contribution in [0.25, 0.3) is 0 Å². The molecular weight excluding hydrogens is 322 g/mol. The maximum Gasteiger partial charge on any atom is 0.175 e. The van der Waals surface area contributed by atoms with Crippen molar-refractivity contribution in [2.75, 3.05) is 5.32 Å². The third kappa shape index (κ3) is 4.06. The average Bonchev–Trinajstić information content (AvgIpc) is 2.69. The van der Waals surface area contributed by atoms with Crippen LogP contribution in [0.3, 0.4) is 0 Å². The van der Waals surface area contributed by atoms with Crippen LogP contribution >= 0.6 is 0 Å². The number of carbonyl (C=O) groups excluding carboxylic acids is 2. The molecule has 130 valence electrons. The fraction of sp³-hybridized carbons (Fsp3) is 0.130. The summed E-state index contributed by atoms with van der Waals surface area (Å²) in [5, 5.41) is 3.39. The van der Waals surface area contributed by atoms with E-state index in [1.165, 1.54) is 6.92 Å². The summed E-state index contributed by atoms with van der Waals surface area (Å²) >= 11 is 0. The second kappa shape index (κ2) is 8.26. The summed E-state index contributed by atoms with van der Waals surface area (Å²) in [6, 6.07) is 27.8. The van der Waals surface area contributed by atoms with E-state index in [1.54, 1.807) is 12.1 Å². The Balaban J connectivity index is 2.02. The third-order valence-electron chi connectivity index (χ3n) is 4.37. The number of nitrogens with one attached hydrogen (secondary N) is 1. The lowest BCUT2D eigenvalue weighted by molar-refractivity contribution is -0.119. The molecule has 2 unspecified atom stereocenters. The minimum atomic E-state index is -0.806. The van der Waals surface area contributed by atoms with Gasteiger partial charge < -0.3 is 5.32 Å². The van der Waals surface area contributed by atoms with Crippen LogP contribution in [-0.2, 0) is 4.79 Å². The van der Waals surface area contributed by atoms with E-state index in [4.69, 9.17) is 0 Å². The standard InChI is InChI=1S/C23H21NO2/c1-17(25)21(23(26)19-13-7-3-8-14-19)22(18-11-5-2-6-12-18)24-20-15-9-4-10-16-20/h2-16,21-22,24H,1H3. The Morgan fingerprint density at radius 2 is 1.23 bits per heavy atom. The van der Waals surface area contributed by atoms with Gasteiger partial charge in [-0.2, -0.15) is 0 Å². The molecule has 0 amide bonds. The van der Waals surface area contributed by atoms with Gasteiger partial charge in [-0.15, -0.1) is 0 Å². The number of hydrogen-bond donors (Lipinski definition) is 1. The van der Waals surface area contributed by atoms with Crippen molar-refractivity contribution in [2.45, 2.75) is 13.0 Å². The Morgan fingerprint density at radius 1 is 0.731 bits per heavy atom. The summed E-state index contributed by atoms with van der Waals surface area (Å²) in [7, 11) is 0. The zero-order valence-electron chi connectivity index (χ0n) is 14.6. The molecule has 0 fully saturated rings. The SMILES string of the molecule is CC(=O)C(C(=O)c1ccccc1)C(Nc1ccccc1)c1ccccc1. The van der Waals surface area contributed by atoms with Crippen molar-refractivity contribution in [2.24, 2.45) is 5.92 Å². The van der Waals surface area contributed by atoms with Gasteiger partial charge in [-0.25, -0.2) is 0 Å². The molecule has 0 bridgehead atoms. The number of ketones is 2. The second-order valence-electron chi connectivity index (χ2n) is 6.22. The monoisotopic (exact) mass is 343 g/mol. The van der Waals surface area contributed by atoms with E-state index in [-0.39, 0.29) is 11.6 Å². The van der Waals surface area contributed by atoms with Crippen LogP contribution in [0.4, 0.5) is 5.69 Å². The van der Waals surface area contributed by atoms with E-state index in [0.717, 1.165) is 11.3 Å². The summed E-state index contributed by atoms with van der Waals surface area (Å²) < 4.78 is 0. The van der Waals surface area contributed by atoms with Crippen LogP contribution in [0, 0.1) is 5.92 Å². The lowest BCUT2D eigenvalue weighted by Crippen LogP contribution is -2.33. The van der Waals surface area contributed by atoms with Crippen LogP contribution in [0.15, 0.2) is 91.0 Å². The lowest BCUT2D eigenvalue weighted by Gasteiger charge is -2.27. The first-order valence-electron chi connectivity index (χ1n) is 8.63. The van der Waals surface area contributed by atoms with Crippen LogP contribution < -0.4 is 5.32 Å². The molecule has 1 N–H and O–H groups in total. The van der Waals surface area contributed by atoms with Gasteiger partial charge in [0, 0.05) is 11.3 Å². The average molecular weight is 343 g/mol. The molecule has 0 saturated carbocycles. The molecule has 0 heterocycles. The van der Waals surface area contributed by atoms with Gasteiger partial charge in [0.05, 0.1) is 6.04 Å². The fourth-order valence-electron chi connectivity index (χ4n) is 3.09. The highest BCUT2D eigenvalue weighted by molar-refractivity contribution is 6.11. The Kier molecular flexibility index (Phi) is 5.59. The molecule has 0 aliphatic rings. The smallest absolute Gasteiger partial charge is 0.175 e. The number of benzene rings is 3. The summed E-state index contributed by atoms with van der Waals surface area (Å²) in [5.41, 5.74) is 2.32. The number of hydrogen-bond acceptors (Lipinski definition) is 3. The maximum atomic E-state index is 13.1. The molecule has 3 nitrogen and oxygen atoms in total. The molecule has 3 heteroatoms. The first kappa shape index (κ1) is 17.6. The van der Waals surface area contributed by atoms with Crippen molar-refractivity contribution >= 4 is 17.3 Å². The van der Waals surface area contributed by atoms with Crippen molar-refractivity contribution in [1.29, 1.82) is 0 Å². The van der Waals surface area contributed by atoms with Gasteiger partial charge in [0.25, 0.3) is 0 Å². The van der Waals surface area contributed by atoms with Gasteiger partial charge in [0.2, 0.25) is 0 Å².